The Morgan fingerprint density at radius 1 is 1.44 bits per heavy atom. The Labute approximate surface area is 93.9 Å². The van der Waals surface area contributed by atoms with E-state index in [0.29, 0.717) is 0 Å². The molecule has 2 aromatic rings. The number of nitrogens with two attached hydrogens (primary N) is 1. The lowest BCUT2D eigenvalue weighted by Gasteiger charge is -2.16. The van der Waals surface area contributed by atoms with Crippen molar-refractivity contribution in [3.63, 3.8) is 0 Å². The zero-order valence-electron chi connectivity index (χ0n) is 9.30. The molecule has 1 aliphatic heterocycles. The van der Waals surface area contributed by atoms with Gasteiger partial charge in [-0.15, -0.1) is 0 Å². The molecule has 16 heavy (non-hydrogen) atoms. The van der Waals surface area contributed by atoms with Gasteiger partial charge >= 0.3 is 0 Å². The van der Waals surface area contributed by atoms with Crippen LogP contribution in [0.1, 0.15) is 6.42 Å². The third kappa shape index (κ3) is 1.44. The summed E-state index contributed by atoms with van der Waals surface area (Å²) in [6.07, 6.45) is 4.76. The summed E-state index contributed by atoms with van der Waals surface area (Å²) < 4.78 is 1.87. The SMILES string of the molecule is Cn1ncc2cnc(N3CCC(N)C3)cc21. The summed E-state index contributed by atoms with van der Waals surface area (Å²) in [5.74, 6) is 1.00. The molecular weight excluding hydrogens is 202 g/mol. The van der Waals surface area contributed by atoms with Crippen LogP contribution in [0.15, 0.2) is 18.5 Å². The largest absolute Gasteiger partial charge is 0.355 e. The van der Waals surface area contributed by atoms with E-state index in [1.165, 1.54) is 0 Å². The number of pyridine rings is 1. The molecule has 1 fully saturated rings. The van der Waals surface area contributed by atoms with Gasteiger partial charge in [-0.05, 0) is 6.42 Å². The second kappa shape index (κ2) is 3.45. The van der Waals surface area contributed by atoms with Crippen molar-refractivity contribution in [2.75, 3.05) is 18.0 Å². The van der Waals surface area contributed by atoms with Gasteiger partial charge in [0.05, 0.1) is 11.7 Å². The Bertz CT molecular complexity index is 518. The molecule has 0 amide bonds. The van der Waals surface area contributed by atoms with Gasteiger partial charge in [0.25, 0.3) is 0 Å². The van der Waals surface area contributed by atoms with Gasteiger partial charge in [-0.2, -0.15) is 5.10 Å². The third-order valence-electron chi connectivity index (χ3n) is 3.16. The van der Waals surface area contributed by atoms with Crippen LogP contribution in [0.3, 0.4) is 0 Å². The minimum Gasteiger partial charge on any atom is -0.355 e. The van der Waals surface area contributed by atoms with Crippen LogP contribution in [0.4, 0.5) is 5.82 Å². The first kappa shape index (κ1) is 9.59. The van der Waals surface area contributed by atoms with Crippen LogP contribution < -0.4 is 10.6 Å². The van der Waals surface area contributed by atoms with Crippen molar-refractivity contribution in [2.45, 2.75) is 12.5 Å². The Kier molecular flexibility index (Phi) is 2.07. The van der Waals surface area contributed by atoms with Gasteiger partial charge in [-0.1, -0.05) is 0 Å². The normalized spacial score (nSPS) is 20.9. The average Bonchev–Trinajstić information content (AvgIpc) is 2.86. The summed E-state index contributed by atoms with van der Waals surface area (Å²) >= 11 is 0. The second-order valence-electron chi connectivity index (χ2n) is 4.36. The number of aryl methyl sites for hydroxylation is 1. The van der Waals surface area contributed by atoms with E-state index in [1.807, 2.05) is 24.1 Å². The molecule has 3 heterocycles. The third-order valence-corrected chi connectivity index (χ3v) is 3.16. The van der Waals surface area contributed by atoms with Crippen molar-refractivity contribution < 1.29 is 0 Å². The minimum atomic E-state index is 0.282. The molecule has 2 N–H and O–H groups in total. The van der Waals surface area contributed by atoms with E-state index in [0.717, 1.165) is 36.2 Å². The van der Waals surface area contributed by atoms with Crippen molar-refractivity contribution in [3.8, 4) is 0 Å². The van der Waals surface area contributed by atoms with Crippen molar-refractivity contribution >= 4 is 16.7 Å². The molecular formula is C11H15N5. The molecule has 0 saturated carbocycles. The molecule has 2 aromatic heterocycles. The first-order valence-corrected chi connectivity index (χ1v) is 5.52. The Morgan fingerprint density at radius 3 is 3.06 bits per heavy atom. The minimum absolute atomic E-state index is 0.282. The first-order chi connectivity index (χ1) is 7.74. The highest BCUT2D eigenvalue weighted by molar-refractivity contribution is 5.80. The zero-order chi connectivity index (χ0) is 11.1. The smallest absolute Gasteiger partial charge is 0.130 e. The van der Waals surface area contributed by atoms with E-state index in [4.69, 9.17) is 5.73 Å². The molecule has 0 spiro atoms. The van der Waals surface area contributed by atoms with Crippen LogP contribution in [-0.2, 0) is 7.05 Å². The number of hydrogen-bond donors (Lipinski definition) is 1. The van der Waals surface area contributed by atoms with Gasteiger partial charge in [0, 0.05) is 43.8 Å². The molecule has 1 atom stereocenters. The highest BCUT2D eigenvalue weighted by Gasteiger charge is 2.20. The van der Waals surface area contributed by atoms with E-state index >= 15 is 0 Å². The van der Waals surface area contributed by atoms with Crippen molar-refractivity contribution in [1.29, 1.82) is 0 Å². The summed E-state index contributed by atoms with van der Waals surface area (Å²) in [7, 11) is 1.95. The number of aromatic nitrogens is 3. The fourth-order valence-electron chi connectivity index (χ4n) is 2.20. The maximum absolute atomic E-state index is 5.90. The molecule has 0 bridgehead atoms. The van der Waals surface area contributed by atoms with Gasteiger partial charge in [0.2, 0.25) is 0 Å². The zero-order valence-corrected chi connectivity index (χ0v) is 9.30. The van der Waals surface area contributed by atoms with Gasteiger partial charge in [0.1, 0.15) is 5.82 Å². The van der Waals surface area contributed by atoms with Crippen LogP contribution in [0, 0.1) is 0 Å². The Balaban J connectivity index is 2.01. The van der Waals surface area contributed by atoms with Crippen molar-refractivity contribution in [1.82, 2.24) is 14.8 Å². The monoisotopic (exact) mass is 217 g/mol. The lowest BCUT2D eigenvalue weighted by molar-refractivity contribution is 0.751. The fraction of sp³-hybridized carbons (Fsp3) is 0.455. The molecule has 3 rings (SSSR count). The summed E-state index contributed by atoms with van der Waals surface area (Å²) in [4.78, 5) is 6.69. The standard InChI is InChI=1S/C11H15N5/c1-15-10-4-11(13-5-8(10)6-14-15)16-3-2-9(12)7-16/h4-6,9H,2-3,7,12H2,1H3. The predicted molar refractivity (Wildman–Crippen MR) is 63.3 cm³/mol. The quantitative estimate of drug-likeness (QED) is 0.756. The predicted octanol–water partition coefficient (Wildman–Crippen LogP) is 0.506. The Hall–Kier alpha value is -1.62. The molecule has 5 heteroatoms. The summed E-state index contributed by atoms with van der Waals surface area (Å²) in [5.41, 5.74) is 7.01. The molecule has 5 nitrogen and oxygen atoms in total. The maximum atomic E-state index is 5.90. The van der Waals surface area contributed by atoms with E-state index in [1.54, 1.807) is 0 Å². The number of fused-ring (bicyclic) bond motifs is 1. The molecule has 0 aromatic carbocycles. The van der Waals surface area contributed by atoms with Gasteiger partial charge in [0.15, 0.2) is 0 Å². The maximum Gasteiger partial charge on any atom is 0.130 e. The molecule has 0 radical (unpaired) electrons. The van der Waals surface area contributed by atoms with Gasteiger partial charge < -0.3 is 10.6 Å². The average molecular weight is 217 g/mol. The first-order valence-electron chi connectivity index (χ1n) is 5.52. The van der Waals surface area contributed by atoms with E-state index in [-0.39, 0.29) is 6.04 Å². The van der Waals surface area contributed by atoms with E-state index in [9.17, 15) is 0 Å². The van der Waals surface area contributed by atoms with E-state index in [2.05, 4.69) is 21.0 Å². The second-order valence-corrected chi connectivity index (χ2v) is 4.36. The fourth-order valence-corrected chi connectivity index (χ4v) is 2.20. The molecule has 84 valence electrons. The number of hydrogen-bond acceptors (Lipinski definition) is 4. The van der Waals surface area contributed by atoms with Crippen LogP contribution in [0.5, 0.6) is 0 Å². The Morgan fingerprint density at radius 2 is 2.31 bits per heavy atom. The van der Waals surface area contributed by atoms with E-state index < -0.39 is 0 Å². The molecule has 1 aliphatic rings. The van der Waals surface area contributed by atoms with Crippen LogP contribution in [0.25, 0.3) is 10.9 Å². The van der Waals surface area contributed by atoms with Crippen LogP contribution >= 0.6 is 0 Å². The van der Waals surface area contributed by atoms with Crippen LogP contribution in [0.2, 0.25) is 0 Å². The van der Waals surface area contributed by atoms with Gasteiger partial charge in [-0.25, -0.2) is 4.98 Å². The van der Waals surface area contributed by atoms with Gasteiger partial charge in [-0.3, -0.25) is 4.68 Å². The van der Waals surface area contributed by atoms with Crippen molar-refractivity contribution in [3.05, 3.63) is 18.5 Å². The number of anilines is 1. The number of nitrogens with zero attached hydrogens (tertiary/aromatic N) is 4. The topological polar surface area (TPSA) is 60.0 Å². The summed E-state index contributed by atoms with van der Waals surface area (Å²) in [5, 5.41) is 5.29. The number of rotatable bonds is 1. The highest BCUT2D eigenvalue weighted by Crippen LogP contribution is 2.21. The van der Waals surface area contributed by atoms with Crippen molar-refractivity contribution in [2.24, 2.45) is 12.8 Å². The lowest BCUT2D eigenvalue weighted by atomic mass is 10.3. The highest BCUT2D eigenvalue weighted by atomic mass is 15.3. The molecule has 1 unspecified atom stereocenters. The lowest BCUT2D eigenvalue weighted by Crippen LogP contribution is -2.26. The molecule has 1 saturated heterocycles. The summed E-state index contributed by atoms with van der Waals surface area (Å²) in [6, 6.07) is 2.37. The summed E-state index contributed by atoms with van der Waals surface area (Å²) in [6.45, 7) is 1.90. The van der Waals surface area contributed by atoms with Crippen LogP contribution in [-0.4, -0.2) is 33.9 Å². The molecule has 0 aliphatic carbocycles.